The second-order valence-corrected chi connectivity index (χ2v) is 8.57. The molecule has 0 radical (unpaired) electrons. The summed E-state index contributed by atoms with van der Waals surface area (Å²) in [6, 6.07) is 0.893. The fourth-order valence-electron chi connectivity index (χ4n) is 5.22. The van der Waals surface area contributed by atoms with Gasteiger partial charge in [-0.1, -0.05) is 0 Å². The standard InChI is InChI=1S/C21H16F3N3O5/c22-7-1-12(23)10(13(24)2-7)4-25-20(30)11-5-26-6-14-27(15-8-3-9(8)19(15)32-14)21(31)16(26)18(29)17(11)28/h1-2,5,8-9,14-15,19,29H,3-4,6H2,(H,25,30)/t8-,9+,14?,15+,19?/m1/s1. The maximum Gasteiger partial charge on any atom is 0.276 e. The van der Waals surface area contributed by atoms with Gasteiger partial charge in [-0.3, -0.25) is 14.4 Å². The van der Waals surface area contributed by atoms with Crippen molar-refractivity contribution >= 4 is 11.8 Å². The van der Waals surface area contributed by atoms with E-state index in [0.29, 0.717) is 24.0 Å². The lowest BCUT2D eigenvalue weighted by atomic mass is 9.88. The molecule has 11 heteroatoms. The van der Waals surface area contributed by atoms with Crippen LogP contribution in [0.15, 0.2) is 23.1 Å². The Kier molecular flexibility index (Phi) is 3.84. The third-order valence-electron chi connectivity index (χ3n) is 6.86. The van der Waals surface area contributed by atoms with E-state index in [4.69, 9.17) is 4.74 Å². The third kappa shape index (κ3) is 2.51. The van der Waals surface area contributed by atoms with E-state index in [-0.39, 0.29) is 24.4 Å². The van der Waals surface area contributed by atoms with Gasteiger partial charge in [0, 0.05) is 30.4 Å². The van der Waals surface area contributed by atoms with E-state index in [1.54, 1.807) is 4.90 Å². The topological polar surface area (TPSA) is 101 Å². The summed E-state index contributed by atoms with van der Waals surface area (Å²) in [6.07, 6.45) is 1.53. The van der Waals surface area contributed by atoms with E-state index >= 15 is 0 Å². The molecule has 166 valence electrons. The number of nitrogens with zero attached hydrogens (tertiary/aromatic N) is 2. The summed E-state index contributed by atoms with van der Waals surface area (Å²) >= 11 is 0. The van der Waals surface area contributed by atoms with Crippen LogP contribution in [0.25, 0.3) is 0 Å². The number of carbonyl (C=O) groups excluding carboxylic acids is 2. The SMILES string of the molecule is O=C(NCc1c(F)cc(F)cc1F)c1cn2c(c(O)c1=O)C(=O)N1C(C2)OC2[C@H]3C[C@H]3[C@@H]21. The minimum Gasteiger partial charge on any atom is -0.503 e. The second-order valence-electron chi connectivity index (χ2n) is 8.57. The van der Waals surface area contributed by atoms with Gasteiger partial charge in [-0.15, -0.1) is 0 Å². The number of carbonyl (C=O) groups is 2. The minimum atomic E-state index is -1.19. The van der Waals surface area contributed by atoms with Crippen molar-refractivity contribution in [2.45, 2.75) is 37.9 Å². The average Bonchev–Trinajstić information content (AvgIpc) is 3.35. The predicted molar refractivity (Wildman–Crippen MR) is 100 cm³/mol. The molecule has 3 heterocycles. The first kappa shape index (κ1) is 19.4. The van der Waals surface area contributed by atoms with Gasteiger partial charge in [0.05, 0.1) is 18.7 Å². The molecule has 3 fully saturated rings. The second kappa shape index (κ2) is 6.35. The van der Waals surface area contributed by atoms with Gasteiger partial charge in [0.1, 0.15) is 23.0 Å². The minimum absolute atomic E-state index is 0.0407. The third-order valence-corrected chi connectivity index (χ3v) is 6.86. The first-order chi connectivity index (χ1) is 15.3. The van der Waals surface area contributed by atoms with Gasteiger partial charge in [-0.05, 0) is 18.3 Å². The fraction of sp³-hybridized carbons (Fsp3) is 0.381. The van der Waals surface area contributed by atoms with Crippen LogP contribution in [0.1, 0.15) is 32.8 Å². The van der Waals surface area contributed by atoms with E-state index in [1.165, 1.54) is 4.57 Å². The Morgan fingerprint density at radius 3 is 2.62 bits per heavy atom. The van der Waals surface area contributed by atoms with Gasteiger partial charge in [-0.25, -0.2) is 13.2 Å². The van der Waals surface area contributed by atoms with Crippen LogP contribution in [0.3, 0.4) is 0 Å². The number of pyridine rings is 1. The van der Waals surface area contributed by atoms with Crippen LogP contribution < -0.4 is 10.7 Å². The molecule has 2 aliphatic carbocycles. The van der Waals surface area contributed by atoms with E-state index in [1.807, 2.05) is 0 Å². The molecule has 1 saturated heterocycles. The lowest BCUT2D eigenvalue weighted by molar-refractivity contribution is -0.0231. The summed E-state index contributed by atoms with van der Waals surface area (Å²) in [5.74, 6) is -5.05. The van der Waals surface area contributed by atoms with Gasteiger partial charge in [0.15, 0.2) is 17.7 Å². The fourth-order valence-corrected chi connectivity index (χ4v) is 5.22. The van der Waals surface area contributed by atoms with E-state index in [9.17, 15) is 32.7 Å². The van der Waals surface area contributed by atoms with Gasteiger partial charge in [0.2, 0.25) is 5.43 Å². The predicted octanol–water partition coefficient (Wildman–Crippen LogP) is 1.10. The average molecular weight is 447 g/mol. The Balaban J connectivity index is 1.29. The lowest BCUT2D eigenvalue weighted by Crippen LogP contribution is -2.53. The maximum atomic E-state index is 13.8. The van der Waals surface area contributed by atoms with Gasteiger partial charge in [0.25, 0.3) is 11.8 Å². The molecule has 2 aliphatic heterocycles. The number of hydrogen-bond acceptors (Lipinski definition) is 5. The van der Waals surface area contributed by atoms with Crippen LogP contribution in [0.4, 0.5) is 13.2 Å². The van der Waals surface area contributed by atoms with Crippen molar-refractivity contribution in [2.75, 3.05) is 0 Å². The first-order valence-electron chi connectivity index (χ1n) is 10.1. The number of fused-ring (bicyclic) bond motifs is 7. The number of hydrogen-bond donors (Lipinski definition) is 2. The highest BCUT2D eigenvalue weighted by Gasteiger charge is 2.70. The summed E-state index contributed by atoms with van der Waals surface area (Å²) in [5, 5.41) is 12.6. The molecule has 1 aromatic heterocycles. The van der Waals surface area contributed by atoms with Crippen molar-refractivity contribution in [3.05, 3.63) is 62.8 Å². The van der Waals surface area contributed by atoms with Crippen molar-refractivity contribution in [1.29, 1.82) is 0 Å². The van der Waals surface area contributed by atoms with Gasteiger partial charge < -0.3 is 24.6 Å². The van der Waals surface area contributed by atoms with Crippen LogP contribution in [0.2, 0.25) is 0 Å². The summed E-state index contributed by atoms with van der Waals surface area (Å²) in [6.45, 7) is -0.522. The molecule has 8 nitrogen and oxygen atoms in total. The summed E-state index contributed by atoms with van der Waals surface area (Å²) in [7, 11) is 0. The van der Waals surface area contributed by atoms with Gasteiger partial charge in [-0.2, -0.15) is 0 Å². The Morgan fingerprint density at radius 2 is 1.91 bits per heavy atom. The number of rotatable bonds is 3. The molecule has 2 N–H and O–H groups in total. The Labute approximate surface area is 178 Å². The first-order valence-corrected chi connectivity index (χ1v) is 10.1. The highest BCUT2D eigenvalue weighted by atomic mass is 19.1. The monoisotopic (exact) mass is 447 g/mol. The summed E-state index contributed by atoms with van der Waals surface area (Å²) < 4.78 is 47.9. The van der Waals surface area contributed by atoms with E-state index in [0.717, 1.165) is 12.6 Å². The molecule has 6 rings (SSSR count). The number of ether oxygens (including phenoxy) is 1. The molecule has 2 unspecified atom stereocenters. The van der Waals surface area contributed by atoms with Crippen molar-refractivity contribution in [2.24, 2.45) is 11.8 Å². The van der Waals surface area contributed by atoms with Gasteiger partial charge >= 0.3 is 0 Å². The van der Waals surface area contributed by atoms with E-state index < -0.39 is 64.3 Å². The Bertz CT molecular complexity index is 1260. The van der Waals surface area contributed by atoms with Crippen molar-refractivity contribution in [3.8, 4) is 5.75 Å². The zero-order valence-corrected chi connectivity index (χ0v) is 16.3. The highest BCUT2D eigenvalue weighted by molar-refractivity contribution is 5.99. The Hall–Kier alpha value is -3.34. The molecular formula is C21H16F3N3O5. The van der Waals surface area contributed by atoms with Crippen LogP contribution in [0.5, 0.6) is 5.75 Å². The molecule has 0 bridgehead atoms. The molecule has 4 aliphatic rings. The maximum absolute atomic E-state index is 13.8. The largest absolute Gasteiger partial charge is 0.503 e. The number of benzene rings is 1. The van der Waals surface area contributed by atoms with Crippen molar-refractivity contribution in [1.82, 2.24) is 14.8 Å². The van der Waals surface area contributed by atoms with Crippen LogP contribution >= 0.6 is 0 Å². The van der Waals surface area contributed by atoms with Crippen LogP contribution in [-0.4, -0.2) is 44.8 Å². The summed E-state index contributed by atoms with van der Waals surface area (Å²) in [4.78, 5) is 39.8. The number of amides is 2. The van der Waals surface area contributed by atoms with Crippen molar-refractivity contribution < 1.29 is 32.6 Å². The van der Waals surface area contributed by atoms with Crippen LogP contribution in [0, 0.1) is 29.3 Å². The molecule has 2 saturated carbocycles. The molecule has 2 amide bonds. The molecule has 0 spiro atoms. The zero-order valence-electron chi connectivity index (χ0n) is 16.3. The summed E-state index contributed by atoms with van der Waals surface area (Å²) in [5.41, 5.74) is -2.37. The molecule has 1 aromatic carbocycles. The molecule has 2 aromatic rings. The zero-order chi connectivity index (χ0) is 22.5. The lowest BCUT2D eigenvalue weighted by Gasteiger charge is -2.37. The number of aromatic hydroxyl groups is 1. The molecular weight excluding hydrogens is 431 g/mol. The quantitative estimate of drug-likeness (QED) is 0.734. The smallest absolute Gasteiger partial charge is 0.276 e. The normalized spacial score (nSPS) is 28.9. The Morgan fingerprint density at radius 1 is 1.19 bits per heavy atom. The number of aromatic nitrogens is 1. The molecule has 32 heavy (non-hydrogen) atoms. The van der Waals surface area contributed by atoms with Crippen LogP contribution in [-0.2, 0) is 17.8 Å². The number of halogens is 3. The van der Waals surface area contributed by atoms with Crippen molar-refractivity contribution in [3.63, 3.8) is 0 Å². The molecule has 5 atom stereocenters. The number of nitrogens with one attached hydrogen (secondary N) is 1. The van der Waals surface area contributed by atoms with E-state index in [2.05, 4.69) is 5.32 Å². The highest BCUT2D eigenvalue weighted by Crippen LogP contribution is 2.63.